The molecular formula is C19H12N2OS. The molecule has 0 aliphatic carbocycles. The second kappa shape index (κ2) is 5.64. The van der Waals surface area contributed by atoms with E-state index in [1.165, 1.54) is 0 Å². The van der Waals surface area contributed by atoms with Crippen molar-refractivity contribution in [3.8, 4) is 11.8 Å². The van der Waals surface area contributed by atoms with Crippen LogP contribution < -0.4 is 5.32 Å². The summed E-state index contributed by atoms with van der Waals surface area (Å²) in [6.45, 7) is 0. The number of carbonyl (C=O) groups excluding carboxylic acids is 1. The molecule has 1 aliphatic heterocycles. The topological polar surface area (TPSA) is 44.9 Å². The minimum Gasteiger partial charge on any atom is -0.362 e. The Morgan fingerprint density at radius 1 is 1.09 bits per heavy atom. The minimum absolute atomic E-state index is 0.0852. The molecule has 0 bridgehead atoms. The van der Waals surface area contributed by atoms with E-state index in [0.29, 0.717) is 5.57 Å². The van der Waals surface area contributed by atoms with Crippen LogP contribution in [0.15, 0.2) is 54.0 Å². The third-order valence-electron chi connectivity index (χ3n) is 3.58. The van der Waals surface area contributed by atoms with Gasteiger partial charge in [0.05, 0.1) is 10.5 Å². The second-order valence-electron chi connectivity index (χ2n) is 5.13. The first-order valence-corrected chi connectivity index (χ1v) is 8.04. The summed E-state index contributed by atoms with van der Waals surface area (Å²) in [5.74, 6) is 6.21. The van der Waals surface area contributed by atoms with Gasteiger partial charge in [0.25, 0.3) is 5.91 Å². The molecule has 3 aromatic rings. The van der Waals surface area contributed by atoms with E-state index >= 15 is 0 Å². The van der Waals surface area contributed by atoms with Gasteiger partial charge in [0.1, 0.15) is 0 Å². The fraction of sp³-hybridized carbons (Fsp3) is 0. The average Bonchev–Trinajstić information content (AvgIpc) is 3.29. The summed E-state index contributed by atoms with van der Waals surface area (Å²) in [4.78, 5) is 16.3. The maximum atomic E-state index is 12.2. The summed E-state index contributed by atoms with van der Waals surface area (Å²) >= 11 is 1.62. The van der Waals surface area contributed by atoms with Gasteiger partial charge >= 0.3 is 0 Å². The molecule has 4 rings (SSSR count). The predicted octanol–water partition coefficient (Wildman–Crippen LogP) is 3.97. The van der Waals surface area contributed by atoms with Crippen LogP contribution in [0.25, 0.3) is 11.6 Å². The number of thiophene rings is 1. The molecule has 110 valence electrons. The third-order valence-corrected chi connectivity index (χ3v) is 4.36. The van der Waals surface area contributed by atoms with E-state index in [1.54, 1.807) is 11.3 Å². The van der Waals surface area contributed by atoms with Gasteiger partial charge in [-0.15, -0.1) is 11.3 Å². The Hall–Kier alpha value is -3.03. The molecule has 4 heteroatoms. The van der Waals surface area contributed by atoms with Crippen LogP contribution in [-0.2, 0) is 4.79 Å². The Bertz CT molecular complexity index is 955. The molecule has 0 unspecified atom stereocenters. The van der Waals surface area contributed by atoms with Crippen LogP contribution in [-0.4, -0.2) is 10.9 Å². The quantitative estimate of drug-likeness (QED) is 0.518. The van der Waals surface area contributed by atoms with Crippen molar-refractivity contribution in [1.82, 2.24) is 4.98 Å². The number of aromatic amines is 1. The number of carbonyl (C=O) groups is 1. The van der Waals surface area contributed by atoms with Crippen molar-refractivity contribution in [1.29, 1.82) is 0 Å². The number of amides is 1. The smallest absolute Gasteiger partial charge is 0.256 e. The highest BCUT2D eigenvalue weighted by atomic mass is 32.1. The number of fused-ring (bicyclic) bond motifs is 1. The van der Waals surface area contributed by atoms with Crippen molar-refractivity contribution >= 4 is 34.6 Å². The van der Waals surface area contributed by atoms with Crippen LogP contribution in [0.4, 0.5) is 5.69 Å². The van der Waals surface area contributed by atoms with Gasteiger partial charge in [-0.25, -0.2) is 0 Å². The Balaban J connectivity index is 1.73. The standard InChI is InChI=1S/C19H12N2OS/c22-19-17(12-14-3-1-9-20-14)16-11-13(6-8-18(16)21-19)5-7-15-4-2-10-23-15/h1-4,6,8-12,20H,(H,21,22)/b17-12-. The van der Waals surface area contributed by atoms with Crippen molar-refractivity contribution in [2.75, 3.05) is 5.32 Å². The molecule has 1 amide bonds. The summed E-state index contributed by atoms with van der Waals surface area (Å²) in [7, 11) is 0. The van der Waals surface area contributed by atoms with Gasteiger partial charge in [-0.3, -0.25) is 4.79 Å². The highest BCUT2D eigenvalue weighted by Crippen LogP contribution is 2.33. The molecule has 0 saturated carbocycles. The normalized spacial score (nSPS) is 14.3. The molecule has 0 saturated heterocycles. The van der Waals surface area contributed by atoms with Crippen molar-refractivity contribution < 1.29 is 4.79 Å². The van der Waals surface area contributed by atoms with E-state index in [1.807, 2.05) is 60.1 Å². The van der Waals surface area contributed by atoms with E-state index < -0.39 is 0 Å². The van der Waals surface area contributed by atoms with Gasteiger partial charge in [0, 0.05) is 28.7 Å². The van der Waals surface area contributed by atoms with Gasteiger partial charge in [-0.1, -0.05) is 17.9 Å². The molecule has 0 radical (unpaired) electrons. The molecule has 0 atom stereocenters. The lowest BCUT2D eigenvalue weighted by Crippen LogP contribution is -2.03. The lowest BCUT2D eigenvalue weighted by molar-refractivity contribution is -0.110. The number of nitrogens with one attached hydrogen (secondary N) is 2. The Morgan fingerprint density at radius 2 is 2.04 bits per heavy atom. The van der Waals surface area contributed by atoms with E-state index in [2.05, 4.69) is 22.1 Å². The maximum Gasteiger partial charge on any atom is 0.256 e. The molecule has 3 nitrogen and oxygen atoms in total. The predicted molar refractivity (Wildman–Crippen MR) is 94.0 cm³/mol. The van der Waals surface area contributed by atoms with E-state index in [9.17, 15) is 4.79 Å². The molecular weight excluding hydrogens is 304 g/mol. The largest absolute Gasteiger partial charge is 0.362 e. The van der Waals surface area contributed by atoms with Crippen molar-refractivity contribution in [2.24, 2.45) is 0 Å². The summed E-state index contributed by atoms with van der Waals surface area (Å²) in [5.41, 5.74) is 4.17. The monoisotopic (exact) mass is 316 g/mol. The fourth-order valence-corrected chi connectivity index (χ4v) is 3.05. The first kappa shape index (κ1) is 13.6. The molecule has 0 fully saturated rings. The lowest BCUT2D eigenvalue weighted by Gasteiger charge is -1.99. The molecule has 0 spiro atoms. The van der Waals surface area contributed by atoms with Crippen LogP contribution in [0, 0.1) is 11.8 Å². The van der Waals surface area contributed by atoms with Gasteiger partial charge in [0.15, 0.2) is 0 Å². The van der Waals surface area contributed by atoms with E-state index in [-0.39, 0.29) is 5.91 Å². The average molecular weight is 316 g/mol. The Morgan fingerprint density at radius 3 is 2.83 bits per heavy atom. The lowest BCUT2D eigenvalue weighted by atomic mass is 10.0. The zero-order valence-corrected chi connectivity index (χ0v) is 12.9. The first-order valence-electron chi connectivity index (χ1n) is 7.16. The van der Waals surface area contributed by atoms with E-state index in [4.69, 9.17) is 0 Å². The zero-order chi connectivity index (χ0) is 15.6. The zero-order valence-electron chi connectivity index (χ0n) is 12.1. The molecule has 2 aromatic heterocycles. The van der Waals surface area contributed by atoms with Gasteiger partial charge in [-0.05, 0) is 47.9 Å². The summed E-state index contributed by atoms with van der Waals surface area (Å²) in [5, 5.41) is 4.90. The van der Waals surface area contributed by atoms with Crippen LogP contribution in [0.2, 0.25) is 0 Å². The molecule has 1 aliphatic rings. The van der Waals surface area contributed by atoms with Crippen molar-refractivity contribution in [2.45, 2.75) is 0 Å². The minimum atomic E-state index is -0.0852. The number of rotatable bonds is 1. The van der Waals surface area contributed by atoms with Gasteiger partial charge in [-0.2, -0.15) is 0 Å². The summed E-state index contributed by atoms with van der Waals surface area (Å²) in [6.07, 6.45) is 3.70. The van der Waals surface area contributed by atoms with Crippen LogP contribution in [0.5, 0.6) is 0 Å². The number of aromatic nitrogens is 1. The number of H-pyrrole nitrogens is 1. The molecule has 3 heterocycles. The maximum absolute atomic E-state index is 12.2. The number of hydrogen-bond acceptors (Lipinski definition) is 2. The number of hydrogen-bond donors (Lipinski definition) is 2. The van der Waals surface area contributed by atoms with E-state index in [0.717, 1.165) is 27.4 Å². The van der Waals surface area contributed by atoms with Crippen LogP contribution in [0.3, 0.4) is 0 Å². The number of benzene rings is 1. The highest BCUT2D eigenvalue weighted by Gasteiger charge is 2.24. The number of anilines is 1. The first-order chi connectivity index (χ1) is 11.3. The Labute approximate surface area is 137 Å². The fourth-order valence-electron chi connectivity index (χ4n) is 2.48. The van der Waals surface area contributed by atoms with Crippen molar-refractivity contribution in [3.05, 3.63) is 75.7 Å². The summed E-state index contributed by atoms with van der Waals surface area (Å²) in [6, 6.07) is 13.6. The van der Waals surface area contributed by atoms with Gasteiger partial charge < -0.3 is 10.3 Å². The Kier molecular flexibility index (Phi) is 3.34. The van der Waals surface area contributed by atoms with Gasteiger partial charge in [0.2, 0.25) is 0 Å². The van der Waals surface area contributed by atoms with Crippen LogP contribution >= 0.6 is 11.3 Å². The summed E-state index contributed by atoms with van der Waals surface area (Å²) < 4.78 is 0. The molecule has 1 aromatic carbocycles. The van der Waals surface area contributed by atoms with Crippen LogP contribution in [0.1, 0.15) is 21.7 Å². The van der Waals surface area contributed by atoms with Crippen molar-refractivity contribution in [3.63, 3.8) is 0 Å². The SMILES string of the molecule is O=C1Nc2ccc(C#Cc3cccs3)cc2/C1=C/c1ccc[nH]1. The second-order valence-corrected chi connectivity index (χ2v) is 6.07. The highest BCUT2D eigenvalue weighted by molar-refractivity contribution is 7.10. The third kappa shape index (κ3) is 2.70. The molecule has 2 N–H and O–H groups in total. The molecule has 23 heavy (non-hydrogen) atoms.